The highest BCUT2D eigenvalue weighted by atomic mass is 79.9. The topological polar surface area (TPSA) is 103 Å². The molecule has 0 aliphatic heterocycles. The van der Waals surface area contributed by atoms with Gasteiger partial charge in [-0.15, -0.1) is 0 Å². The van der Waals surface area contributed by atoms with Gasteiger partial charge in [-0.3, -0.25) is 14.9 Å². The molecule has 176 valence electrons. The van der Waals surface area contributed by atoms with Crippen LogP contribution in [0.1, 0.15) is 29.2 Å². The highest BCUT2D eigenvalue weighted by Gasteiger charge is 2.13. The zero-order chi connectivity index (χ0) is 24.5. The molecule has 1 amide bonds. The number of nitrogens with one attached hydrogen (secondary N) is 1. The summed E-state index contributed by atoms with van der Waals surface area (Å²) in [6.07, 6.45) is 1.77. The molecule has 0 aromatic heterocycles. The Morgan fingerprint density at radius 2 is 1.76 bits per heavy atom. The molecule has 0 saturated carbocycles. The van der Waals surface area contributed by atoms with Crippen molar-refractivity contribution in [3.8, 4) is 11.5 Å². The van der Waals surface area contributed by atoms with Gasteiger partial charge in [-0.05, 0) is 70.7 Å². The van der Waals surface area contributed by atoms with E-state index in [9.17, 15) is 14.9 Å². The van der Waals surface area contributed by atoms with Crippen LogP contribution in [0, 0.1) is 17.0 Å². The van der Waals surface area contributed by atoms with Crippen molar-refractivity contribution >= 4 is 33.7 Å². The van der Waals surface area contributed by atoms with Crippen molar-refractivity contribution in [3.05, 3.63) is 97.5 Å². The molecule has 0 bridgehead atoms. The summed E-state index contributed by atoms with van der Waals surface area (Å²) in [5, 5.41) is 14.9. The molecule has 3 aromatic rings. The van der Waals surface area contributed by atoms with Crippen LogP contribution in [-0.4, -0.2) is 23.7 Å². The average Bonchev–Trinajstić information content (AvgIpc) is 2.80. The first kappa shape index (κ1) is 24.9. The van der Waals surface area contributed by atoms with Gasteiger partial charge < -0.3 is 9.47 Å². The highest BCUT2D eigenvalue weighted by Crippen LogP contribution is 2.37. The molecule has 0 heterocycles. The number of halogens is 1. The van der Waals surface area contributed by atoms with E-state index >= 15 is 0 Å². The van der Waals surface area contributed by atoms with Gasteiger partial charge in [0.15, 0.2) is 11.5 Å². The van der Waals surface area contributed by atoms with E-state index in [0.717, 1.165) is 16.7 Å². The molecule has 0 radical (unpaired) electrons. The van der Waals surface area contributed by atoms with Crippen LogP contribution in [0.5, 0.6) is 11.5 Å². The van der Waals surface area contributed by atoms with Gasteiger partial charge in [0.1, 0.15) is 6.61 Å². The van der Waals surface area contributed by atoms with E-state index < -0.39 is 4.92 Å². The predicted octanol–water partition coefficient (Wildman–Crippen LogP) is 5.34. The van der Waals surface area contributed by atoms with Gasteiger partial charge >= 0.3 is 0 Å². The number of benzene rings is 3. The number of nitrogens with zero attached hydrogens (tertiary/aromatic N) is 2. The quantitative estimate of drug-likeness (QED) is 0.218. The number of carbonyl (C=O) groups is 1. The number of carbonyl (C=O) groups excluding carboxylic acids is 1. The lowest BCUT2D eigenvalue weighted by atomic mass is 10.1. The molecule has 8 nitrogen and oxygen atoms in total. The molecular formula is C25H24BrN3O5. The number of nitro groups is 1. The normalized spacial score (nSPS) is 10.8. The number of rotatable bonds is 10. The zero-order valence-electron chi connectivity index (χ0n) is 18.8. The standard InChI is InChI=1S/C25H24BrN3O5/c1-3-33-23-13-20(15-27-28-24(30)14-18-6-4-17(2)5-7-18)12-22(26)25(23)34-16-19-8-10-21(11-9-19)29(31)32/h4-13,15H,3,14,16H2,1-2H3,(H,28,30)/b27-15+. The SMILES string of the molecule is CCOc1cc(/C=N/NC(=O)Cc2ccc(C)cc2)cc(Br)c1OCc1ccc([N+](=O)[O-])cc1. The molecule has 0 spiro atoms. The smallest absolute Gasteiger partial charge is 0.269 e. The van der Waals surface area contributed by atoms with Crippen LogP contribution >= 0.6 is 15.9 Å². The third-order valence-corrected chi connectivity index (χ3v) is 5.34. The summed E-state index contributed by atoms with van der Waals surface area (Å²) < 4.78 is 12.3. The van der Waals surface area contributed by atoms with E-state index in [-0.39, 0.29) is 24.6 Å². The summed E-state index contributed by atoms with van der Waals surface area (Å²) in [6, 6.07) is 17.5. The third-order valence-electron chi connectivity index (χ3n) is 4.75. The summed E-state index contributed by atoms with van der Waals surface area (Å²) in [7, 11) is 0. The largest absolute Gasteiger partial charge is 0.490 e. The molecule has 3 aromatic carbocycles. The Bertz CT molecular complexity index is 1180. The number of hydrogen-bond acceptors (Lipinski definition) is 6. The van der Waals surface area contributed by atoms with Gasteiger partial charge in [0.2, 0.25) is 5.91 Å². The van der Waals surface area contributed by atoms with Crippen LogP contribution in [0.3, 0.4) is 0 Å². The molecule has 1 N–H and O–H groups in total. The van der Waals surface area contributed by atoms with Gasteiger partial charge in [-0.1, -0.05) is 29.8 Å². The molecule has 3 rings (SSSR count). The Hall–Kier alpha value is -3.72. The first-order chi connectivity index (χ1) is 16.4. The summed E-state index contributed by atoms with van der Waals surface area (Å²) in [4.78, 5) is 22.5. The van der Waals surface area contributed by atoms with E-state index in [0.29, 0.717) is 28.1 Å². The van der Waals surface area contributed by atoms with E-state index in [2.05, 4.69) is 26.5 Å². The summed E-state index contributed by atoms with van der Waals surface area (Å²) in [5.41, 5.74) is 6.09. The van der Waals surface area contributed by atoms with Crippen LogP contribution in [-0.2, 0) is 17.8 Å². The van der Waals surface area contributed by atoms with Crippen LogP contribution in [0.15, 0.2) is 70.2 Å². The van der Waals surface area contributed by atoms with Crippen LogP contribution in [0.4, 0.5) is 5.69 Å². The van der Waals surface area contributed by atoms with Crippen molar-refractivity contribution in [1.29, 1.82) is 0 Å². The van der Waals surface area contributed by atoms with E-state index in [1.54, 1.807) is 24.3 Å². The lowest BCUT2D eigenvalue weighted by Gasteiger charge is -2.14. The van der Waals surface area contributed by atoms with Crippen molar-refractivity contribution in [2.45, 2.75) is 26.9 Å². The van der Waals surface area contributed by atoms with Crippen molar-refractivity contribution in [1.82, 2.24) is 5.43 Å². The number of aryl methyl sites for hydroxylation is 1. The number of hydrazone groups is 1. The minimum Gasteiger partial charge on any atom is -0.490 e. The second-order valence-electron chi connectivity index (χ2n) is 7.43. The maximum Gasteiger partial charge on any atom is 0.269 e. The zero-order valence-corrected chi connectivity index (χ0v) is 20.4. The number of amides is 1. The number of non-ortho nitro benzene ring substituents is 1. The third kappa shape index (κ3) is 7.14. The Morgan fingerprint density at radius 1 is 1.09 bits per heavy atom. The Balaban J connectivity index is 1.65. The Labute approximate surface area is 205 Å². The number of ether oxygens (including phenoxy) is 2. The van der Waals surface area contributed by atoms with Gasteiger partial charge in [0.05, 0.1) is 28.6 Å². The molecular weight excluding hydrogens is 502 g/mol. The fraction of sp³-hybridized carbons (Fsp3) is 0.200. The minimum atomic E-state index is -0.445. The minimum absolute atomic E-state index is 0.0227. The fourth-order valence-electron chi connectivity index (χ4n) is 3.04. The van der Waals surface area contributed by atoms with E-state index in [1.807, 2.05) is 38.1 Å². The van der Waals surface area contributed by atoms with Crippen LogP contribution in [0.25, 0.3) is 0 Å². The highest BCUT2D eigenvalue weighted by molar-refractivity contribution is 9.10. The molecule has 0 atom stereocenters. The lowest BCUT2D eigenvalue weighted by Crippen LogP contribution is -2.19. The molecule has 0 aliphatic carbocycles. The van der Waals surface area contributed by atoms with Crippen molar-refractivity contribution in [2.24, 2.45) is 5.10 Å². The van der Waals surface area contributed by atoms with Crippen molar-refractivity contribution in [3.63, 3.8) is 0 Å². The van der Waals surface area contributed by atoms with Gasteiger partial charge in [0, 0.05) is 12.1 Å². The molecule has 0 saturated heterocycles. The summed E-state index contributed by atoms with van der Waals surface area (Å²) in [6.45, 7) is 4.49. The fourth-order valence-corrected chi connectivity index (χ4v) is 3.62. The predicted molar refractivity (Wildman–Crippen MR) is 133 cm³/mol. The van der Waals surface area contributed by atoms with Crippen molar-refractivity contribution in [2.75, 3.05) is 6.61 Å². The first-order valence-electron chi connectivity index (χ1n) is 10.6. The molecule has 9 heteroatoms. The average molecular weight is 526 g/mol. The molecule has 34 heavy (non-hydrogen) atoms. The summed E-state index contributed by atoms with van der Waals surface area (Å²) in [5.74, 6) is 0.791. The second kappa shape index (κ2) is 11.9. The van der Waals surface area contributed by atoms with Gasteiger partial charge in [-0.2, -0.15) is 5.10 Å². The summed E-state index contributed by atoms with van der Waals surface area (Å²) >= 11 is 3.50. The van der Waals surface area contributed by atoms with E-state index in [4.69, 9.17) is 9.47 Å². The van der Waals surface area contributed by atoms with Crippen LogP contribution in [0.2, 0.25) is 0 Å². The van der Waals surface area contributed by atoms with E-state index in [1.165, 1.54) is 18.3 Å². The number of nitro benzene ring substituents is 1. The number of hydrogen-bond donors (Lipinski definition) is 1. The lowest BCUT2D eigenvalue weighted by molar-refractivity contribution is -0.384. The Morgan fingerprint density at radius 3 is 2.41 bits per heavy atom. The molecule has 0 unspecified atom stereocenters. The maximum absolute atomic E-state index is 12.1. The first-order valence-corrected chi connectivity index (χ1v) is 11.3. The monoisotopic (exact) mass is 525 g/mol. The van der Waals surface area contributed by atoms with Crippen LogP contribution < -0.4 is 14.9 Å². The Kier molecular flexibility index (Phi) is 8.75. The van der Waals surface area contributed by atoms with Gasteiger partial charge in [0.25, 0.3) is 5.69 Å². The maximum atomic E-state index is 12.1. The molecule has 0 aliphatic rings. The molecule has 0 fully saturated rings. The van der Waals surface area contributed by atoms with Gasteiger partial charge in [-0.25, -0.2) is 5.43 Å². The van der Waals surface area contributed by atoms with Crippen molar-refractivity contribution < 1.29 is 19.2 Å². The second-order valence-corrected chi connectivity index (χ2v) is 8.29.